The van der Waals surface area contributed by atoms with E-state index in [-0.39, 0.29) is 4.90 Å². The summed E-state index contributed by atoms with van der Waals surface area (Å²) in [4.78, 5) is 0.225. The zero-order valence-electron chi connectivity index (χ0n) is 11.1. The normalized spacial score (nSPS) is 11.4. The molecule has 7 heteroatoms. The van der Waals surface area contributed by atoms with Crippen LogP contribution in [0, 0.1) is 0 Å². The molecule has 0 aliphatic rings. The number of nitrogens with one attached hydrogen (secondary N) is 1. The standard InChI is InChI=1S/C13H16N2O4S/c1-18-12-4-6-13(7-5-12)20(16,17)15-8-2-3-11-9-14-19-10-11/h4-7,9-10,15H,2-3,8H2,1H3. The van der Waals surface area contributed by atoms with E-state index < -0.39 is 10.0 Å². The Labute approximate surface area is 117 Å². The second-order valence-corrected chi connectivity index (χ2v) is 5.98. The molecular weight excluding hydrogens is 280 g/mol. The van der Waals surface area contributed by atoms with Crippen LogP contribution in [0.25, 0.3) is 0 Å². The lowest BCUT2D eigenvalue weighted by Crippen LogP contribution is -2.25. The molecule has 1 heterocycles. The average Bonchev–Trinajstić information content (AvgIpc) is 2.97. The lowest BCUT2D eigenvalue weighted by molar-refractivity contribution is 0.414. The van der Waals surface area contributed by atoms with Crippen molar-refractivity contribution in [2.24, 2.45) is 0 Å². The molecule has 0 aliphatic carbocycles. The van der Waals surface area contributed by atoms with E-state index in [9.17, 15) is 8.42 Å². The molecule has 0 spiro atoms. The third-order valence-corrected chi connectivity index (χ3v) is 4.26. The van der Waals surface area contributed by atoms with Gasteiger partial charge in [0.15, 0.2) is 0 Å². The van der Waals surface area contributed by atoms with Gasteiger partial charge < -0.3 is 9.26 Å². The van der Waals surface area contributed by atoms with Gasteiger partial charge in [-0.25, -0.2) is 13.1 Å². The SMILES string of the molecule is COc1ccc(S(=O)(=O)NCCCc2cnoc2)cc1. The molecule has 1 aromatic heterocycles. The van der Waals surface area contributed by atoms with Crippen LogP contribution in [0.5, 0.6) is 5.75 Å². The number of benzene rings is 1. The highest BCUT2D eigenvalue weighted by atomic mass is 32.2. The predicted molar refractivity (Wildman–Crippen MR) is 73.0 cm³/mol. The van der Waals surface area contributed by atoms with Crippen molar-refractivity contribution in [3.8, 4) is 5.75 Å². The quantitative estimate of drug-likeness (QED) is 0.785. The fourth-order valence-corrected chi connectivity index (χ4v) is 2.76. The largest absolute Gasteiger partial charge is 0.497 e. The summed E-state index contributed by atoms with van der Waals surface area (Å²) in [6.45, 7) is 0.361. The first kappa shape index (κ1) is 14.5. The molecule has 2 aromatic rings. The van der Waals surface area contributed by atoms with Crippen LogP contribution in [0.3, 0.4) is 0 Å². The van der Waals surface area contributed by atoms with Crippen LogP contribution in [-0.4, -0.2) is 27.2 Å². The molecule has 1 aromatic carbocycles. The summed E-state index contributed by atoms with van der Waals surface area (Å²) in [5.41, 5.74) is 0.952. The van der Waals surface area contributed by atoms with Crippen LogP contribution in [0.15, 0.2) is 46.1 Å². The molecule has 0 saturated heterocycles. The molecule has 0 atom stereocenters. The number of methoxy groups -OCH3 is 1. The number of nitrogens with zero attached hydrogens (tertiary/aromatic N) is 1. The molecular formula is C13H16N2O4S. The van der Waals surface area contributed by atoms with Crippen LogP contribution in [0.2, 0.25) is 0 Å². The molecule has 0 saturated carbocycles. The maximum atomic E-state index is 12.0. The van der Waals surface area contributed by atoms with Gasteiger partial charge in [-0.1, -0.05) is 5.16 Å². The molecule has 6 nitrogen and oxygen atoms in total. The van der Waals surface area contributed by atoms with Crippen molar-refractivity contribution < 1.29 is 17.7 Å². The Kier molecular flexibility index (Phi) is 4.75. The second-order valence-electron chi connectivity index (χ2n) is 4.21. The minimum Gasteiger partial charge on any atom is -0.497 e. The number of sulfonamides is 1. The summed E-state index contributed by atoms with van der Waals surface area (Å²) in [6.07, 6.45) is 4.57. The number of hydrogen-bond donors (Lipinski definition) is 1. The van der Waals surface area contributed by atoms with Gasteiger partial charge in [0.1, 0.15) is 12.0 Å². The van der Waals surface area contributed by atoms with Crippen LogP contribution in [0.4, 0.5) is 0 Å². The van der Waals surface area contributed by atoms with Crippen LogP contribution < -0.4 is 9.46 Å². The van der Waals surface area contributed by atoms with Crippen molar-refractivity contribution >= 4 is 10.0 Å². The van der Waals surface area contributed by atoms with Gasteiger partial charge in [0.2, 0.25) is 10.0 Å². The zero-order valence-corrected chi connectivity index (χ0v) is 11.9. The Morgan fingerprint density at radius 2 is 2.05 bits per heavy atom. The third-order valence-electron chi connectivity index (χ3n) is 2.79. The Morgan fingerprint density at radius 3 is 2.65 bits per heavy atom. The summed E-state index contributed by atoms with van der Waals surface area (Å²) in [7, 11) is -1.94. The van der Waals surface area contributed by atoms with E-state index in [1.165, 1.54) is 19.2 Å². The topological polar surface area (TPSA) is 81.4 Å². The van der Waals surface area contributed by atoms with Crippen molar-refractivity contribution in [2.45, 2.75) is 17.7 Å². The molecule has 1 N–H and O–H groups in total. The molecule has 0 bridgehead atoms. The van der Waals surface area contributed by atoms with Gasteiger partial charge in [0, 0.05) is 12.1 Å². The fraction of sp³-hybridized carbons (Fsp3) is 0.308. The summed E-state index contributed by atoms with van der Waals surface area (Å²) in [6, 6.07) is 6.26. The molecule has 2 rings (SSSR count). The smallest absolute Gasteiger partial charge is 0.240 e. The zero-order chi connectivity index (χ0) is 14.4. The minimum absolute atomic E-state index is 0.225. The maximum Gasteiger partial charge on any atom is 0.240 e. The summed E-state index contributed by atoms with van der Waals surface area (Å²) in [5.74, 6) is 0.622. The van der Waals surface area contributed by atoms with Crippen molar-refractivity contribution in [1.29, 1.82) is 0 Å². The monoisotopic (exact) mass is 296 g/mol. The summed E-state index contributed by atoms with van der Waals surface area (Å²) in [5, 5.41) is 3.59. The molecule has 20 heavy (non-hydrogen) atoms. The number of ether oxygens (including phenoxy) is 1. The number of hydrogen-bond acceptors (Lipinski definition) is 5. The van der Waals surface area contributed by atoms with Crippen LogP contribution in [-0.2, 0) is 16.4 Å². The van der Waals surface area contributed by atoms with Gasteiger partial charge in [-0.2, -0.15) is 0 Å². The molecule has 0 fully saturated rings. The van der Waals surface area contributed by atoms with Gasteiger partial charge in [-0.05, 0) is 37.1 Å². The first-order valence-corrected chi connectivity index (χ1v) is 7.62. The van der Waals surface area contributed by atoms with E-state index in [1.54, 1.807) is 24.6 Å². The Bertz CT molecular complexity index is 621. The van der Waals surface area contributed by atoms with Gasteiger partial charge in [0.05, 0.1) is 18.2 Å². The highest BCUT2D eigenvalue weighted by molar-refractivity contribution is 7.89. The van der Waals surface area contributed by atoms with E-state index in [2.05, 4.69) is 9.88 Å². The second kappa shape index (κ2) is 6.53. The average molecular weight is 296 g/mol. The predicted octanol–water partition coefficient (Wildman–Crippen LogP) is 1.59. The Balaban J connectivity index is 1.86. The van der Waals surface area contributed by atoms with Crippen LogP contribution >= 0.6 is 0 Å². The lowest BCUT2D eigenvalue weighted by Gasteiger charge is -2.07. The number of aromatic nitrogens is 1. The van der Waals surface area contributed by atoms with E-state index in [0.717, 1.165) is 5.56 Å². The highest BCUT2D eigenvalue weighted by Crippen LogP contribution is 2.15. The summed E-state index contributed by atoms with van der Waals surface area (Å²) < 4.78 is 36.3. The van der Waals surface area contributed by atoms with E-state index in [4.69, 9.17) is 9.26 Å². The molecule has 0 aliphatic heterocycles. The molecule has 0 unspecified atom stereocenters. The number of aryl methyl sites for hydroxylation is 1. The van der Waals surface area contributed by atoms with E-state index >= 15 is 0 Å². The molecule has 0 radical (unpaired) electrons. The summed E-state index contributed by atoms with van der Waals surface area (Å²) >= 11 is 0. The van der Waals surface area contributed by atoms with Gasteiger partial charge in [-0.3, -0.25) is 0 Å². The van der Waals surface area contributed by atoms with Gasteiger partial charge in [0.25, 0.3) is 0 Å². The van der Waals surface area contributed by atoms with Crippen LogP contribution in [0.1, 0.15) is 12.0 Å². The van der Waals surface area contributed by atoms with Crippen molar-refractivity contribution in [2.75, 3.05) is 13.7 Å². The Morgan fingerprint density at radius 1 is 1.30 bits per heavy atom. The van der Waals surface area contributed by atoms with E-state index in [1.807, 2.05) is 0 Å². The van der Waals surface area contributed by atoms with Gasteiger partial charge in [-0.15, -0.1) is 0 Å². The van der Waals surface area contributed by atoms with Crippen molar-refractivity contribution in [1.82, 2.24) is 9.88 Å². The van der Waals surface area contributed by atoms with E-state index in [0.29, 0.717) is 25.1 Å². The highest BCUT2D eigenvalue weighted by Gasteiger charge is 2.13. The number of rotatable bonds is 7. The first-order valence-electron chi connectivity index (χ1n) is 6.14. The van der Waals surface area contributed by atoms with Crippen molar-refractivity contribution in [3.63, 3.8) is 0 Å². The van der Waals surface area contributed by atoms with Crippen molar-refractivity contribution in [3.05, 3.63) is 42.3 Å². The van der Waals surface area contributed by atoms with Gasteiger partial charge >= 0.3 is 0 Å². The fourth-order valence-electron chi connectivity index (χ4n) is 1.69. The Hall–Kier alpha value is -1.86. The third kappa shape index (κ3) is 3.82. The minimum atomic E-state index is -3.47. The lowest BCUT2D eigenvalue weighted by atomic mass is 10.2. The first-order chi connectivity index (χ1) is 9.62. The molecule has 0 amide bonds. The maximum absolute atomic E-state index is 12.0. The molecule has 108 valence electrons.